The van der Waals surface area contributed by atoms with Crippen molar-refractivity contribution >= 4 is 12.2 Å². The van der Waals surface area contributed by atoms with Gasteiger partial charge in [0.15, 0.2) is 0 Å². The Kier molecular flexibility index (Phi) is 6.39. The van der Waals surface area contributed by atoms with E-state index < -0.39 is 16.6 Å². The van der Waals surface area contributed by atoms with Crippen LogP contribution >= 0.6 is 0 Å². The molecule has 4 fully saturated rings. The molecule has 8 nitrogen and oxygen atoms in total. The summed E-state index contributed by atoms with van der Waals surface area (Å²) in [6, 6.07) is 0. The third-order valence-corrected chi connectivity index (χ3v) is 10.5. The normalized spacial score (nSPS) is 47.3. The van der Waals surface area contributed by atoms with E-state index in [1.807, 2.05) is 25.9 Å². The van der Waals surface area contributed by atoms with E-state index in [1.165, 1.54) is 5.01 Å². The van der Waals surface area contributed by atoms with Crippen molar-refractivity contribution in [3.8, 4) is 0 Å². The average Bonchev–Trinajstić information content (AvgIpc) is 2.95. The number of aliphatic hydroxyl groups excluding tert-OH is 1. The molecule has 8 heteroatoms. The van der Waals surface area contributed by atoms with Crippen LogP contribution < -0.4 is 5.73 Å². The van der Waals surface area contributed by atoms with E-state index in [9.17, 15) is 15.3 Å². The highest BCUT2D eigenvalue weighted by Crippen LogP contribution is 2.69. The van der Waals surface area contributed by atoms with Gasteiger partial charge in [0.25, 0.3) is 0 Å². The fourth-order valence-electron chi connectivity index (χ4n) is 8.16. The second-order valence-corrected chi connectivity index (χ2v) is 12.2. The number of nitrogens with two attached hydrogens (primary N) is 1. The number of hydrogen-bond acceptors (Lipinski definition) is 6. The van der Waals surface area contributed by atoms with E-state index in [0.717, 1.165) is 44.9 Å². The highest BCUT2D eigenvalue weighted by atomic mass is 16.3. The molecule has 4 aliphatic carbocycles. The predicted octanol–water partition coefficient (Wildman–Crippen LogP) is 1.98. The van der Waals surface area contributed by atoms with Gasteiger partial charge in [-0.3, -0.25) is 5.41 Å². The Hall–Kier alpha value is -1.22. The van der Waals surface area contributed by atoms with Crippen LogP contribution in [0.4, 0.5) is 0 Å². The maximum Gasteiger partial charge on any atom is 0.209 e. The molecule has 33 heavy (non-hydrogen) atoms. The molecule has 4 aliphatic rings. The first-order valence-electron chi connectivity index (χ1n) is 12.8. The number of aliphatic hydroxyl groups is 3. The minimum Gasteiger partial charge on any atom is -0.393 e. The summed E-state index contributed by atoms with van der Waals surface area (Å²) in [5.74, 6) is 0.963. The Morgan fingerprint density at radius 3 is 2.42 bits per heavy atom. The average molecular weight is 464 g/mol. The largest absolute Gasteiger partial charge is 0.393 e. The van der Waals surface area contributed by atoms with Gasteiger partial charge in [-0.05, 0) is 95.1 Å². The third-order valence-electron chi connectivity index (χ3n) is 10.5. The van der Waals surface area contributed by atoms with Crippen molar-refractivity contribution in [2.24, 2.45) is 39.4 Å². The van der Waals surface area contributed by atoms with E-state index in [1.54, 1.807) is 6.21 Å². The molecular formula is C25H45N5O3. The van der Waals surface area contributed by atoms with Crippen molar-refractivity contribution in [2.45, 2.75) is 88.9 Å². The van der Waals surface area contributed by atoms with Crippen LogP contribution in [-0.2, 0) is 0 Å². The fraction of sp³-hybridized carbons (Fsp3) is 0.920. The minimum atomic E-state index is -1.24. The molecule has 0 amide bonds. The standard InChI is InChI=1S/C25H45N5O3/c1-22-9-7-18(31)15-17(22)5-6-20-19(22)8-10-23(2)24(32,11-12-25(20,23)33)16-28-30(21(26)27)14-13-29(3)4/h16-20,31-33H,5-15H2,1-4H3,(H3,26,27)/b28-16+/t17?,18?,19-,20-,22+,23-,24?,25-/m1/s1. The second kappa shape index (κ2) is 8.47. The maximum atomic E-state index is 12.3. The zero-order valence-corrected chi connectivity index (χ0v) is 20.9. The van der Waals surface area contributed by atoms with Crippen LogP contribution in [-0.4, -0.2) is 81.9 Å². The van der Waals surface area contributed by atoms with Gasteiger partial charge in [-0.2, -0.15) is 5.10 Å². The van der Waals surface area contributed by atoms with Crippen LogP contribution in [0.25, 0.3) is 0 Å². The van der Waals surface area contributed by atoms with Crippen molar-refractivity contribution in [3.05, 3.63) is 0 Å². The number of likely N-dealkylation sites (N-methyl/N-ethyl adjacent to an activating group) is 1. The van der Waals surface area contributed by atoms with Crippen molar-refractivity contribution in [2.75, 3.05) is 27.2 Å². The number of nitrogens with zero attached hydrogens (tertiary/aromatic N) is 3. The van der Waals surface area contributed by atoms with Crippen LogP contribution in [0, 0.1) is 34.0 Å². The molecule has 0 radical (unpaired) electrons. The van der Waals surface area contributed by atoms with E-state index in [-0.39, 0.29) is 23.4 Å². The van der Waals surface area contributed by atoms with E-state index in [2.05, 4.69) is 12.0 Å². The van der Waals surface area contributed by atoms with Gasteiger partial charge in [0.1, 0.15) is 5.60 Å². The number of fused-ring (bicyclic) bond motifs is 5. The SMILES string of the molecule is CN(C)CCN(/N=C/C1(O)CC[C@@]2(O)[C@@H]3CCC4CC(O)CC[C@]4(C)[C@@H]3CC[C@]12C)C(=N)N. The molecule has 0 saturated heterocycles. The Balaban J connectivity index is 1.58. The van der Waals surface area contributed by atoms with Crippen molar-refractivity contribution in [1.82, 2.24) is 9.91 Å². The first-order chi connectivity index (χ1) is 15.4. The summed E-state index contributed by atoms with van der Waals surface area (Å²) in [4.78, 5) is 2.00. The summed E-state index contributed by atoms with van der Waals surface area (Å²) in [6.45, 7) is 5.59. The monoisotopic (exact) mass is 463 g/mol. The van der Waals surface area contributed by atoms with Gasteiger partial charge in [0.05, 0.1) is 24.5 Å². The van der Waals surface area contributed by atoms with E-state index >= 15 is 0 Å². The van der Waals surface area contributed by atoms with Crippen molar-refractivity contribution < 1.29 is 15.3 Å². The molecule has 6 N–H and O–H groups in total. The molecule has 0 aromatic carbocycles. The molecule has 0 aromatic rings. The summed E-state index contributed by atoms with van der Waals surface area (Å²) in [5, 5.41) is 48.1. The number of hydrogen-bond donors (Lipinski definition) is 5. The first kappa shape index (κ1) is 24.9. The molecule has 0 aromatic heterocycles. The van der Waals surface area contributed by atoms with E-state index in [4.69, 9.17) is 11.1 Å². The molecule has 4 saturated carbocycles. The van der Waals surface area contributed by atoms with Gasteiger partial charge in [-0.1, -0.05) is 13.8 Å². The van der Waals surface area contributed by atoms with E-state index in [0.29, 0.717) is 37.8 Å². The topological polar surface area (TPSA) is 129 Å². The highest BCUT2D eigenvalue weighted by Gasteiger charge is 2.71. The lowest BCUT2D eigenvalue weighted by molar-refractivity contribution is -0.223. The summed E-state index contributed by atoms with van der Waals surface area (Å²) in [6.07, 6.45) is 8.92. The molecule has 8 atom stereocenters. The van der Waals surface area contributed by atoms with Gasteiger partial charge < -0.3 is 26.0 Å². The van der Waals surface area contributed by atoms with Crippen molar-refractivity contribution in [3.63, 3.8) is 0 Å². The van der Waals surface area contributed by atoms with Gasteiger partial charge in [-0.15, -0.1) is 0 Å². The highest BCUT2D eigenvalue weighted by molar-refractivity contribution is 5.77. The molecule has 0 spiro atoms. The van der Waals surface area contributed by atoms with Gasteiger partial charge in [0, 0.05) is 12.0 Å². The lowest BCUT2D eigenvalue weighted by Crippen LogP contribution is -2.65. The molecule has 0 bridgehead atoms. The molecular weight excluding hydrogens is 418 g/mol. The first-order valence-corrected chi connectivity index (χ1v) is 12.8. The fourth-order valence-corrected chi connectivity index (χ4v) is 8.16. The number of guanidine groups is 1. The Morgan fingerprint density at radius 2 is 1.76 bits per heavy atom. The lowest BCUT2D eigenvalue weighted by Gasteiger charge is -2.64. The Morgan fingerprint density at radius 1 is 1.03 bits per heavy atom. The number of hydrazone groups is 1. The minimum absolute atomic E-state index is 0.149. The zero-order valence-electron chi connectivity index (χ0n) is 20.9. The lowest BCUT2D eigenvalue weighted by atomic mass is 9.43. The Labute approximate surface area is 198 Å². The van der Waals surface area contributed by atoms with Crippen molar-refractivity contribution in [1.29, 1.82) is 5.41 Å². The summed E-state index contributed by atoms with van der Waals surface area (Å²) in [5.41, 5.74) is 3.04. The van der Waals surface area contributed by atoms with Gasteiger partial charge in [0.2, 0.25) is 5.96 Å². The summed E-state index contributed by atoms with van der Waals surface area (Å²) in [7, 11) is 3.91. The van der Waals surface area contributed by atoms with Crippen LogP contribution in [0.5, 0.6) is 0 Å². The number of rotatable bonds is 5. The second-order valence-electron chi connectivity index (χ2n) is 12.2. The zero-order chi connectivity index (χ0) is 24.2. The summed E-state index contributed by atoms with van der Waals surface area (Å²) < 4.78 is 0. The quantitative estimate of drug-likeness (QED) is 0.241. The maximum absolute atomic E-state index is 12.3. The number of nitrogens with one attached hydrogen (secondary N) is 1. The van der Waals surface area contributed by atoms with Gasteiger partial charge in [-0.25, -0.2) is 5.01 Å². The Bertz CT molecular complexity index is 792. The molecule has 0 heterocycles. The van der Waals surface area contributed by atoms with Crippen LogP contribution in [0.1, 0.15) is 71.6 Å². The molecule has 188 valence electrons. The molecule has 0 aliphatic heterocycles. The van der Waals surface area contributed by atoms with Gasteiger partial charge >= 0.3 is 0 Å². The predicted molar refractivity (Wildman–Crippen MR) is 130 cm³/mol. The third kappa shape index (κ3) is 3.81. The smallest absolute Gasteiger partial charge is 0.209 e. The molecule has 4 rings (SSSR count). The summed E-state index contributed by atoms with van der Waals surface area (Å²) >= 11 is 0. The van der Waals surface area contributed by atoms with Crippen LogP contribution in [0.2, 0.25) is 0 Å². The van der Waals surface area contributed by atoms with Crippen LogP contribution in [0.15, 0.2) is 5.10 Å². The molecule has 3 unspecified atom stereocenters. The van der Waals surface area contributed by atoms with Crippen LogP contribution in [0.3, 0.4) is 0 Å².